The highest BCUT2D eigenvalue weighted by Crippen LogP contribution is 2.37. The van der Waals surface area contributed by atoms with E-state index in [4.69, 9.17) is 4.84 Å². The van der Waals surface area contributed by atoms with Gasteiger partial charge >= 0.3 is 6.18 Å². The zero-order valence-corrected chi connectivity index (χ0v) is 16.7. The predicted octanol–water partition coefficient (Wildman–Crippen LogP) is 2.99. The van der Waals surface area contributed by atoms with Crippen LogP contribution in [0.25, 0.3) is 11.1 Å². The van der Waals surface area contributed by atoms with Gasteiger partial charge in [0.25, 0.3) is 5.91 Å². The lowest BCUT2D eigenvalue weighted by atomic mass is 9.97. The van der Waals surface area contributed by atoms with E-state index < -0.39 is 29.6 Å². The third-order valence-corrected chi connectivity index (χ3v) is 5.10. The number of aryl methyl sites for hydroxylation is 1. The van der Waals surface area contributed by atoms with Crippen molar-refractivity contribution in [2.24, 2.45) is 5.16 Å². The van der Waals surface area contributed by atoms with E-state index in [0.29, 0.717) is 16.8 Å². The van der Waals surface area contributed by atoms with Gasteiger partial charge in [0.15, 0.2) is 5.69 Å². The molecule has 0 saturated carbocycles. The maximum absolute atomic E-state index is 13.8. The number of carbonyl (C=O) groups is 1. The molecule has 0 radical (unpaired) electrons. The van der Waals surface area contributed by atoms with Crippen LogP contribution >= 0.6 is 0 Å². The molecule has 0 aliphatic carbocycles. The number of nitrogens with zero attached hydrogens (tertiary/aromatic N) is 4. The van der Waals surface area contributed by atoms with Crippen molar-refractivity contribution in [2.45, 2.75) is 32.5 Å². The second-order valence-corrected chi connectivity index (χ2v) is 7.01. The molecule has 1 fully saturated rings. The van der Waals surface area contributed by atoms with E-state index in [1.807, 2.05) is 0 Å². The standard InChI is InChI=1S/C20H21F3N4O3/c1-11-5-4-6-15(12(11)2)16-8-24-18(25-17(16)20(21,22)23)19(29)27-9-13(26-30-3)7-14(27)10-28/h4-6,8,14,28H,7,9-10H2,1-3H3/b26-13+/t14-/m0/s1. The van der Waals surface area contributed by atoms with Crippen molar-refractivity contribution in [2.75, 3.05) is 20.3 Å². The van der Waals surface area contributed by atoms with Crippen molar-refractivity contribution in [3.05, 3.63) is 47.0 Å². The summed E-state index contributed by atoms with van der Waals surface area (Å²) in [6.07, 6.45) is -3.50. The zero-order chi connectivity index (χ0) is 22.1. The van der Waals surface area contributed by atoms with Crippen LogP contribution in [0.2, 0.25) is 0 Å². The van der Waals surface area contributed by atoms with Gasteiger partial charge in [-0.3, -0.25) is 4.79 Å². The first-order valence-electron chi connectivity index (χ1n) is 9.19. The summed E-state index contributed by atoms with van der Waals surface area (Å²) in [4.78, 5) is 26.3. The number of rotatable bonds is 4. The van der Waals surface area contributed by atoms with Crippen LogP contribution in [0.3, 0.4) is 0 Å². The summed E-state index contributed by atoms with van der Waals surface area (Å²) in [5, 5.41) is 13.3. The third-order valence-electron chi connectivity index (χ3n) is 5.10. The second-order valence-electron chi connectivity index (χ2n) is 7.01. The maximum atomic E-state index is 13.8. The Labute approximate surface area is 171 Å². The highest BCUT2D eigenvalue weighted by Gasteiger charge is 2.39. The van der Waals surface area contributed by atoms with E-state index in [2.05, 4.69) is 15.1 Å². The Morgan fingerprint density at radius 2 is 2.07 bits per heavy atom. The van der Waals surface area contributed by atoms with Crippen LogP contribution in [0.15, 0.2) is 29.6 Å². The number of carbonyl (C=O) groups excluding carboxylic acids is 1. The molecule has 160 valence electrons. The summed E-state index contributed by atoms with van der Waals surface area (Å²) in [6, 6.07) is 4.38. The minimum atomic E-state index is -4.78. The lowest BCUT2D eigenvalue weighted by Gasteiger charge is -2.22. The minimum Gasteiger partial charge on any atom is -0.399 e. The quantitative estimate of drug-likeness (QED) is 0.766. The van der Waals surface area contributed by atoms with Crippen LogP contribution in [0.4, 0.5) is 13.2 Å². The average molecular weight is 422 g/mol. The number of aliphatic hydroxyl groups is 1. The van der Waals surface area contributed by atoms with Crippen molar-refractivity contribution < 1.29 is 27.9 Å². The SMILES string of the molecule is CO/N=C1\C[C@@H](CO)N(C(=O)c2ncc(-c3cccc(C)c3C)c(C(F)(F)F)n2)C1. The van der Waals surface area contributed by atoms with Crippen molar-refractivity contribution in [3.63, 3.8) is 0 Å². The monoisotopic (exact) mass is 422 g/mol. The van der Waals surface area contributed by atoms with Crippen molar-refractivity contribution >= 4 is 11.6 Å². The molecule has 1 aliphatic rings. The fraction of sp³-hybridized carbons (Fsp3) is 0.400. The van der Waals surface area contributed by atoms with Crippen LogP contribution in [0, 0.1) is 13.8 Å². The van der Waals surface area contributed by atoms with Gasteiger partial charge < -0.3 is 14.8 Å². The highest BCUT2D eigenvalue weighted by molar-refractivity contribution is 5.98. The number of aliphatic hydroxyl groups excluding tert-OH is 1. The Balaban J connectivity index is 2.05. The first-order valence-corrected chi connectivity index (χ1v) is 9.19. The Morgan fingerprint density at radius 3 is 2.70 bits per heavy atom. The topological polar surface area (TPSA) is 87.9 Å². The van der Waals surface area contributed by atoms with Gasteiger partial charge in [-0.25, -0.2) is 9.97 Å². The molecule has 2 heterocycles. The molecule has 1 amide bonds. The molecule has 1 N–H and O–H groups in total. The molecule has 0 bridgehead atoms. The fourth-order valence-electron chi connectivity index (χ4n) is 3.44. The summed E-state index contributed by atoms with van der Waals surface area (Å²) in [5.74, 6) is -1.40. The van der Waals surface area contributed by atoms with Crippen molar-refractivity contribution in [1.82, 2.24) is 14.9 Å². The number of aromatic nitrogens is 2. The van der Waals surface area contributed by atoms with Gasteiger partial charge in [0.05, 0.1) is 24.9 Å². The number of hydrogen-bond acceptors (Lipinski definition) is 6. The second kappa shape index (κ2) is 8.39. The van der Waals surface area contributed by atoms with Gasteiger partial charge in [-0.15, -0.1) is 0 Å². The van der Waals surface area contributed by atoms with E-state index >= 15 is 0 Å². The Bertz CT molecular complexity index is 992. The number of alkyl halides is 3. The van der Waals surface area contributed by atoms with Gasteiger partial charge in [0.2, 0.25) is 5.82 Å². The van der Waals surface area contributed by atoms with Crippen molar-refractivity contribution in [3.8, 4) is 11.1 Å². The Hall–Kier alpha value is -3.01. The molecule has 0 unspecified atom stereocenters. The third kappa shape index (κ3) is 4.13. The first kappa shape index (κ1) is 21.7. The average Bonchev–Trinajstić information content (AvgIpc) is 3.12. The minimum absolute atomic E-state index is 0.0152. The van der Waals surface area contributed by atoms with Gasteiger partial charge in [0, 0.05) is 18.2 Å². The molecule has 1 atom stereocenters. The van der Waals surface area contributed by atoms with Gasteiger partial charge in [-0.05, 0) is 30.5 Å². The maximum Gasteiger partial charge on any atom is 0.434 e. The Kier molecular flexibility index (Phi) is 6.06. The molecular formula is C20H21F3N4O3. The predicted molar refractivity (Wildman–Crippen MR) is 103 cm³/mol. The largest absolute Gasteiger partial charge is 0.434 e. The molecule has 3 rings (SSSR count). The molecule has 1 saturated heterocycles. The molecule has 30 heavy (non-hydrogen) atoms. The number of benzene rings is 1. The normalized spacial score (nSPS) is 18.2. The van der Waals surface area contributed by atoms with Crippen LogP contribution in [-0.4, -0.2) is 57.9 Å². The van der Waals surface area contributed by atoms with Gasteiger partial charge in [-0.1, -0.05) is 23.4 Å². The summed E-state index contributed by atoms with van der Waals surface area (Å²) >= 11 is 0. The smallest absolute Gasteiger partial charge is 0.399 e. The van der Waals surface area contributed by atoms with E-state index in [-0.39, 0.29) is 25.1 Å². The van der Waals surface area contributed by atoms with E-state index in [0.717, 1.165) is 11.8 Å². The van der Waals surface area contributed by atoms with E-state index in [1.54, 1.807) is 32.0 Å². The summed E-state index contributed by atoms with van der Waals surface area (Å²) < 4.78 is 41.4. The first-order chi connectivity index (χ1) is 14.2. The van der Waals surface area contributed by atoms with E-state index in [9.17, 15) is 23.1 Å². The lowest BCUT2D eigenvalue weighted by molar-refractivity contribution is -0.140. The molecule has 10 heteroatoms. The number of hydrogen-bond donors (Lipinski definition) is 1. The zero-order valence-electron chi connectivity index (χ0n) is 16.7. The lowest BCUT2D eigenvalue weighted by Crippen LogP contribution is -2.39. The van der Waals surface area contributed by atoms with Crippen molar-refractivity contribution in [1.29, 1.82) is 0 Å². The molecule has 0 spiro atoms. The Morgan fingerprint density at radius 1 is 1.33 bits per heavy atom. The number of oxime groups is 1. The molecule has 1 aromatic heterocycles. The molecule has 1 aromatic carbocycles. The number of halogens is 3. The van der Waals surface area contributed by atoms with Crippen LogP contribution in [0.1, 0.15) is 33.9 Å². The van der Waals surface area contributed by atoms with Gasteiger partial charge in [-0.2, -0.15) is 13.2 Å². The number of amides is 1. The van der Waals surface area contributed by atoms with Crippen LogP contribution in [0.5, 0.6) is 0 Å². The number of likely N-dealkylation sites (tertiary alicyclic amines) is 1. The van der Waals surface area contributed by atoms with Crippen LogP contribution in [-0.2, 0) is 11.0 Å². The van der Waals surface area contributed by atoms with Crippen LogP contribution < -0.4 is 0 Å². The van der Waals surface area contributed by atoms with E-state index in [1.165, 1.54) is 12.0 Å². The van der Waals surface area contributed by atoms with Gasteiger partial charge in [0.1, 0.15) is 7.11 Å². The summed E-state index contributed by atoms with van der Waals surface area (Å²) in [6.45, 7) is 3.16. The highest BCUT2D eigenvalue weighted by atomic mass is 19.4. The molecular weight excluding hydrogens is 401 g/mol. The molecule has 2 aromatic rings. The molecule has 1 aliphatic heterocycles. The summed E-state index contributed by atoms with van der Waals surface area (Å²) in [5.41, 5.74) is 0.972. The summed E-state index contributed by atoms with van der Waals surface area (Å²) in [7, 11) is 1.34. The molecule has 7 nitrogen and oxygen atoms in total. The fourth-order valence-corrected chi connectivity index (χ4v) is 3.44.